The minimum atomic E-state index is -0.489. The summed E-state index contributed by atoms with van der Waals surface area (Å²) < 4.78 is 7.95. The number of aryl methyl sites for hydroxylation is 1. The highest BCUT2D eigenvalue weighted by Gasteiger charge is 2.18. The number of aromatic nitrogens is 2. The minimum absolute atomic E-state index is 0.0263. The third-order valence-electron chi connectivity index (χ3n) is 4.97. The molecule has 0 saturated heterocycles. The van der Waals surface area contributed by atoms with Crippen molar-refractivity contribution in [3.05, 3.63) is 80.6 Å². The van der Waals surface area contributed by atoms with Crippen molar-refractivity contribution >= 4 is 27.6 Å². The Bertz CT molecular complexity index is 1360. The van der Waals surface area contributed by atoms with Crippen molar-refractivity contribution in [3.8, 4) is 11.8 Å². The second-order valence-corrected chi connectivity index (χ2v) is 6.80. The van der Waals surface area contributed by atoms with Gasteiger partial charge in [0.1, 0.15) is 11.6 Å². The van der Waals surface area contributed by atoms with Gasteiger partial charge in [0.2, 0.25) is 0 Å². The molecule has 4 aromatic rings. The predicted octanol–water partition coefficient (Wildman–Crippen LogP) is 3.37. The average molecular weight is 434 g/mol. The molecule has 0 radical (unpaired) electrons. The maximum Gasteiger partial charge on any atom is 0.273 e. The summed E-state index contributed by atoms with van der Waals surface area (Å²) >= 11 is 0. The molecule has 2 aromatic carbocycles. The Morgan fingerprint density at radius 3 is 2.38 bits per heavy atom. The van der Waals surface area contributed by atoms with E-state index in [9.17, 15) is 20.2 Å². The Morgan fingerprint density at radius 2 is 1.84 bits per heavy atom. The third-order valence-corrected chi connectivity index (χ3v) is 4.97. The van der Waals surface area contributed by atoms with Crippen LogP contribution < -0.4 is 5.56 Å². The molecule has 0 aliphatic rings. The predicted molar refractivity (Wildman–Crippen MR) is 121 cm³/mol. The van der Waals surface area contributed by atoms with Crippen LogP contribution in [0.5, 0.6) is 0 Å². The molecule has 0 bridgehead atoms. The molecule has 0 aliphatic carbocycles. The number of nitriles is 1. The van der Waals surface area contributed by atoms with E-state index in [1.807, 2.05) is 41.8 Å². The first-order chi connectivity index (χ1) is 15.5. The number of aliphatic hydroxyl groups is 1. The monoisotopic (exact) mass is 434 g/mol. The number of pyridine rings is 1. The zero-order valence-electron chi connectivity index (χ0n) is 17.7. The molecule has 32 heavy (non-hydrogen) atoms. The normalized spacial score (nSPS) is 10.6. The van der Waals surface area contributed by atoms with E-state index in [-0.39, 0.29) is 17.9 Å². The second-order valence-electron chi connectivity index (χ2n) is 6.80. The molecule has 9 nitrogen and oxygen atoms in total. The van der Waals surface area contributed by atoms with Gasteiger partial charge in [-0.25, -0.2) is 0 Å². The van der Waals surface area contributed by atoms with E-state index in [2.05, 4.69) is 4.74 Å². The summed E-state index contributed by atoms with van der Waals surface area (Å²) in [7, 11) is 1.55. The second kappa shape index (κ2) is 9.87. The molecule has 2 heterocycles. The number of aliphatic hydroxyl groups excluding tert-OH is 1. The van der Waals surface area contributed by atoms with Crippen molar-refractivity contribution in [2.24, 2.45) is 0 Å². The van der Waals surface area contributed by atoms with Crippen LogP contribution in [0.4, 0.5) is 5.69 Å². The van der Waals surface area contributed by atoms with Gasteiger partial charge in [-0.05, 0) is 31.2 Å². The topological polar surface area (TPSA) is 123 Å². The summed E-state index contributed by atoms with van der Waals surface area (Å²) in [5, 5.41) is 29.2. The summed E-state index contributed by atoms with van der Waals surface area (Å²) in [6.45, 7) is 3.24. The lowest BCUT2D eigenvalue weighted by atomic mass is 10.2. The van der Waals surface area contributed by atoms with E-state index in [1.54, 1.807) is 13.2 Å². The largest absolute Gasteiger partial charge is 0.394 e. The van der Waals surface area contributed by atoms with Crippen LogP contribution in [0.1, 0.15) is 12.5 Å². The van der Waals surface area contributed by atoms with Gasteiger partial charge in [0.05, 0.1) is 34.7 Å². The zero-order chi connectivity index (χ0) is 23.3. The fraction of sp³-hybridized carbons (Fsp3) is 0.217. The van der Waals surface area contributed by atoms with Crippen molar-refractivity contribution in [2.45, 2.75) is 13.5 Å². The van der Waals surface area contributed by atoms with Gasteiger partial charge in [-0.1, -0.05) is 18.2 Å². The van der Waals surface area contributed by atoms with Crippen molar-refractivity contribution in [1.29, 1.82) is 5.26 Å². The highest BCUT2D eigenvalue weighted by molar-refractivity contribution is 6.07. The van der Waals surface area contributed by atoms with Crippen LogP contribution in [0.15, 0.2) is 59.4 Å². The molecule has 9 heteroatoms. The van der Waals surface area contributed by atoms with Crippen LogP contribution in [-0.2, 0) is 11.3 Å². The fourth-order valence-corrected chi connectivity index (χ4v) is 3.59. The van der Waals surface area contributed by atoms with Crippen LogP contribution in [0.25, 0.3) is 27.6 Å². The van der Waals surface area contributed by atoms with E-state index in [0.717, 1.165) is 16.4 Å². The van der Waals surface area contributed by atoms with Gasteiger partial charge in [0.15, 0.2) is 0 Å². The Balaban J connectivity index is 0.000000523. The number of rotatable bonds is 5. The highest BCUT2D eigenvalue weighted by atomic mass is 16.6. The standard InChI is InChI=1S/C20H14N4O3.C3H8O2/c1-2-22-17-6-4-3-5-16(17)19-18(22)11-13(12-21)20(25)23(19)14-7-9-15(10-8-14)24(26)27;1-5-3-2-4/h3-11H,2H2,1H3;4H,2-3H2,1H3. The zero-order valence-corrected chi connectivity index (χ0v) is 17.7. The summed E-state index contributed by atoms with van der Waals surface area (Å²) in [5.41, 5.74) is 2.41. The van der Waals surface area contributed by atoms with Crippen molar-refractivity contribution in [2.75, 3.05) is 20.3 Å². The quantitative estimate of drug-likeness (QED) is 0.379. The fourth-order valence-electron chi connectivity index (χ4n) is 3.59. The highest BCUT2D eigenvalue weighted by Crippen LogP contribution is 2.30. The third kappa shape index (κ3) is 4.09. The van der Waals surface area contributed by atoms with Gasteiger partial charge in [-0.3, -0.25) is 19.5 Å². The first kappa shape index (κ1) is 22.7. The number of hydrogen-bond donors (Lipinski definition) is 1. The molecule has 0 aliphatic heterocycles. The molecule has 164 valence electrons. The summed E-state index contributed by atoms with van der Waals surface area (Å²) in [6, 6.07) is 17.1. The molecule has 0 fully saturated rings. The van der Waals surface area contributed by atoms with E-state index < -0.39 is 10.5 Å². The Morgan fingerprint density at radius 1 is 1.16 bits per heavy atom. The average Bonchev–Trinajstić information content (AvgIpc) is 3.12. The first-order valence-electron chi connectivity index (χ1n) is 9.90. The molecule has 4 rings (SSSR count). The number of fused-ring (bicyclic) bond motifs is 3. The van der Waals surface area contributed by atoms with Gasteiger partial charge < -0.3 is 14.4 Å². The van der Waals surface area contributed by atoms with Crippen LogP contribution >= 0.6 is 0 Å². The van der Waals surface area contributed by atoms with E-state index >= 15 is 0 Å². The van der Waals surface area contributed by atoms with E-state index in [1.165, 1.54) is 28.8 Å². The number of non-ortho nitro benzene ring substituents is 1. The van der Waals surface area contributed by atoms with Gasteiger partial charge in [-0.2, -0.15) is 5.26 Å². The number of nitro benzene ring substituents is 1. The van der Waals surface area contributed by atoms with Gasteiger partial charge in [0, 0.05) is 36.9 Å². The lowest BCUT2D eigenvalue weighted by molar-refractivity contribution is -0.384. The van der Waals surface area contributed by atoms with Crippen LogP contribution in [0.3, 0.4) is 0 Å². The lowest BCUT2D eigenvalue weighted by Gasteiger charge is -2.10. The number of methoxy groups -OCH3 is 1. The van der Waals surface area contributed by atoms with Gasteiger partial charge in [0.25, 0.3) is 11.2 Å². The smallest absolute Gasteiger partial charge is 0.273 e. The van der Waals surface area contributed by atoms with Crippen LogP contribution in [0, 0.1) is 21.4 Å². The molecule has 0 amide bonds. The molecule has 0 saturated carbocycles. The molecule has 0 atom stereocenters. The maximum atomic E-state index is 13.0. The number of nitro groups is 1. The maximum absolute atomic E-state index is 13.0. The molecule has 0 spiro atoms. The van der Waals surface area contributed by atoms with Crippen molar-refractivity contribution in [1.82, 2.24) is 9.13 Å². The summed E-state index contributed by atoms with van der Waals surface area (Å²) in [4.78, 5) is 23.4. The van der Waals surface area contributed by atoms with Crippen LogP contribution in [-0.4, -0.2) is 39.5 Å². The number of ether oxygens (including phenoxy) is 1. The molecular formula is C23H22N4O5. The van der Waals surface area contributed by atoms with Crippen molar-refractivity contribution in [3.63, 3.8) is 0 Å². The molecule has 0 unspecified atom stereocenters. The van der Waals surface area contributed by atoms with Crippen LogP contribution in [0.2, 0.25) is 0 Å². The number of hydrogen-bond acceptors (Lipinski definition) is 6. The lowest BCUT2D eigenvalue weighted by Crippen LogP contribution is -2.21. The molecular weight excluding hydrogens is 412 g/mol. The summed E-state index contributed by atoms with van der Waals surface area (Å²) in [5.74, 6) is 0. The molecule has 1 N–H and O–H groups in total. The number of benzene rings is 2. The SMILES string of the molecule is CCn1c2ccccc2c2c1cc(C#N)c(=O)n2-c1ccc([N+](=O)[O-])cc1.COCCO. The Hall–Kier alpha value is -4.00. The minimum Gasteiger partial charge on any atom is -0.394 e. The van der Waals surface area contributed by atoms with E-state index in [4.69, 9.17) is 5.11 Å². The van der Waals surface area contributed by atoms with Crippen molar-refractivity contribution < 1.29 is 14.8 Å². The molecule has 2 aromatic heterocycles. The number of para-hydroxylation sites is 1. The van der Waals surface area contributed by atoms with E-state index in [0.29, 0.717) is 24.4 Å². The Labute approximate surface area is 183 Å². The van der Waals surface area contributed by atoms with Gasteiger partial charge in [-0.15, -0.1) is 0 Å². The Kier molecular flexibility index (Phi) is 7.00. The van der Waals surface area contributed by atoms with Gasteiger partial charge >= 0.3 is 0 Å². The first-order valence-corrected chi connectivity index (χ1v) is 9.90. The summed E-state index contributed by atoms with van der Waals surface area (Å²) in [6.07, 6.45) is 0. The number of nitrogens with zero attached hydrogens (tertiary/aromatic N) is 4.